The second kappa shape index (κ2) is 6.89. The van der Waals surface area contributed by atoms with Gasteiger partial charge < -0.3 is 9.53 Å². The fourth-order valence-corrected chi connectivity index (χ4v) is 1.99. The second-order valence-corrected chi connectivity index (χ2v) is 4.13. The van der Waals surface area contributed by atoms with E-state index in [9.17, 15) is 9.59 Å². The molecule has 0 atom stereocenters. The van der Waals surface area contributed by atoms with Crippen molar-refractivity contribution in [3.8, 4) is 5.75 Å². The highest BCUT2D eigenvalue weighted by Gasteiger charge is 2.20. The van der Waals surface area contributed by atoms with Crippen LogP contribution in [-0.2, 0) is 11.2 Å². The van der Waals surface area contributed by atoms with Crippen LogP contribution in [0.25, 0.3) is 0 Å². The lowest BCUT2D eigenvalue weighted by Crippen LogP contribution is -2.07. The highest BCUT2D eigenvalue weighted by Crippen LogP contribution is 2.38. The maximum Gasteiger partial charge on any atom is 0.163 e. The van der Waals surface area contributed by atoms with E-state index >= 15 is 0 Å². The van der Waals surface area contributed by atoms with Crippen LogP contribution in [0.4, 0.5) is 5.69 Å². The summed E-state index contributed by atoms with van der Waals surface area (Å²) in [5.41, 5.74) is 3.91. The Hall–Kier alpha value is -1.88. The van der Waals surface area contributed by atoms with Crippen LogP contribution in [0.3, 0.4) is 0 Å². The number of anilines is 1. The van der Waals surface area contributed by atoms with Gasteiger partial charge in [-0.2, -0.15) is 5.10 Å². The molecule has 0 aliphatic heterocycles. The Morgan fingerprint density at radius 3 is 2.79 bits per heavy atom. The van der Waals surface area contributed by atoms with E-state index < -0.39 is 0 Å². The summed E-state index contributed by atoms with van der Waals surface area (Å²) in [6, 6.07) is 1.50. The molecule has 0 saturated heterocycles. The van der Waals surface area contributed by atoms with E-state index in [-0.39, 0.29) is 12.2 Å². The summed E-state index contributed by atoms with van der Waals surface area (Å²) in [7, 11) is 0. The minimum absolute atomic E-state index is 0.0922. The zero-order valence-electron chi connectivity index (χ0n) is 10.8. The minimum atomic E-state index is -0.185. The molecule has 0 heterocycles. The van der Waals surface area contributed by atoms with Crippen LogP contribution in [-0.4, -0.2) is 25.4 Å². The number of halogens is 1. The third-order valence-electron chi connectivity index (χ3n) is 2.48. The van der Waals surface area contributed by atoms with Crippen LogP contribution in [0, 0.1) is 0 Å². The number of benzene rings is 1. The van der Waals surface area contributed by atoms with E-state index in [4.69, 9.17) is 16.3 Å². The molecule has 0 aliphatic carbocycles. The highest BCUT2D eigenvalue weighted by atomic mass is 35.5. The van der Waals surface area contributed by atoms with Gasteiger partial charge in [0.15, 0.2) is 11.5 Å². The topological polar surface area (TPSA) is 67.8 Å². The lowest BCUT2D eigenvalue weighted by Gasteiger charge is -2.17. The molecular weight excluding hydrogens is 268 g/mol. The van der Waals surface area contributed by atoms with Crippen LogP contribution in [0.1, 0.15) is 29.8 Å². The molecule has 102 valence electrons. The van der Waals surface area contributed by atoms with Gasteiger partial charge in [0.05, 0.1) is 12.2 Å². The molecule has 0 radical (unpaired) electrons. The van der Waals surface area contributed by atoms with Crippen LogP contribution in [0.2, 0.25) is 5.02 Å². The van der Waals surface area contributed by atoms with Crippen molar-refractivity contribution in [3.63, 3.8) is 0 Å². The van der Waals surface area contributed by atoms with Crippen molar-refractivity contribution >= 4 is 36.1 Å². The molecule has 0 unspecified atom stereocenters. The summed E-state index contributed by atoms with van der Waals surface area (Å²) >= 11 is 6.10. The van der Waals surface area contributed by atoms with E-state index in [0.717, 1.165) is 6.29 Å². The summed E-state index contributed by atoms with van der Waals surface area (Å²) in [5.74, 6) is 0.152. The van der Waals surface area contributed by atoms with Crippen molar-refractivity contribution in [2.24, 2.45) is 5.10 Å². The molecule has 1 aromatic rings. The van der Waals surface area contributed by atoms with Crippen LogP contribution >= 0.6 is 11.6 Å². The molecule has 0 aromatic heterocycles. The number of hydrogen-bond acceptors (Lipinski definition) is 5. The van der Waals surface area contributed by atoms with Gasteiger partial charge in [-0.15, -0.1) is 0 Å². The fourth-order valence-electron chi connectivity index (χ4n) is 1.71. The zero-order valence-corrected chi connectivity index (χ0v) is 11.6. The van der Waals surface area contributed by atoms with E-state index in [1.807, 2.05) is 0 Å². The standard InChI is InChI=1S/C13H15ClN2O3/c1-4-19-13-10(8(2)18)7-11(14)9(5-6-17)12(13)16-15-3/h6-7,16H,3-5H2,1-2H3. The molecule has 0 aliphatic rings. The molecule has 1 N–H and O–H groups in total. The zero-order chi connectivity index (χ0) is 14.4. The summed E-state index contributed by atoms with van der Waals surface area (Å²) in [6.45, 7) is 6.91. The first-order chi connectivity index (χ1) is 9.06. The molecule has 6 heteroatoms. The van der Waals surface area contributed by atoms with E-state index in [1.165, 1.54) is 13.0 Å². The number of aldehydes is 1. The highest BCUT2D eigenvalue weighted by molar-refractivity contribution is 6.32. The largest absolute Gasteiger partial charge is 0.491 e. The number of nitrogens with zero attached hydrogens (tertiary/aromatic N) is 1. The lowest BCUT2D eigenvalue weighted by molar-refractivity contribution is -0.107. The second-order valence-electron chi connectivity index (χ2n) is 3.72. The Morgan fingerprint density at radius 1 is 1.63 bits per heavy atom. The molecule has 0 bridgehead atoms. The van der Waals surface area contributed by atoms with Crippen molar-refractivity contribution in [1.29, 1.82) is 0 Å². The maximum absolute atomic E-state index is 11.6. The number of carbonyl (C=O) groups is 2. The van der Waals surface area contributed by atoms with Gasteiger partial charge >= 0.3 is 0 Å². The van der Waals surface area contributed by atoms with Crippen LogP contribution < -0.4 is 10.2 Å². The number of rotatable bonds is 7. The van der Waals surface area contributed by atoms with Crippen LogP contribution in [0.15, 0.2) is 11.2 Å². The average Bonchev–Trinajstić information content (AvgIpc) is 2.36. The van der Waals surface area contributed by atoms with Crippen molar-refractivity contribution < 1.29 is 14.3 Å². The smallest absolute Gasteiger partial charge is 0.163 e. The molecule has 0 amide bonds. The lowest BCUT2D eigenvalue weighted by atomic mass is 10.0. The van der Waals surface area contributed by atoms with Crippen molar-refractivity contribution in [2.75, 3.05) is 12.0 Å². The van der Waals surface area contributed by atoms with E-state index in [2.05, 4.69) is 17.2 Å². The number of nitrogens with one attached hydrogen (secondary N) is 1. The van der Waals surface area contributed by atoms with Gasteiger partial charge in [0.1, 0.15) is 12.0 Å². The third-order valence-corrected chi connectivity index (χ3v) is 2.82. The van der Waals surface area contributed by atoms with Crippen molar-refractivity contribution in [1.82, 2.24) is 0 Å². The molecule has 0 spiro atoms. The Labute approximate surface area is 116 Å². The molecule has 5 nitrogen and oxygen atoms in total. The van der Waals surface area contributed by atoms with Gasteiger partial charge in [0.2, 0.25) is 0 Å². The van der Waals surface area contributed by atoms with Crippen molar-refractivity contribution in [3.05, 3.63) is 22.2 Å². The number of hydrogen-bond donors (Lipinski definition) is 1. The van der Waals surface area contributed by atoms with E-state index in [1.54, 1.807) is 6.92 Å². The molecule has 19 heavy (non-hydrogen) atoms. The Kier molecular flexibility index (Phi) is 5.51. The SMILES string of the molecule is C=NNc1c(CC=O)c(Cl)cc(C(C)=O)c1OCC. The molecular formula is C13H15ClN2O3. The number of ether oxygens (including phenoxy) is 1. The molecule has 1 aromatic carbocycles. The number of carbonyl (C=O) groups excluding carboxylic acids is 2. The summed E-state index contributed by atoms with van der Waals surface area (Å²) in [4.78, 5) is 22.4. The van der Waals surface area contributed by atoms with Gasteiger partial charge in [0, 0.05) is 23.7 Å². The van der Waals surface area contributed by atoms with Gasteiger partial charge in [-0.1, -0.05) is 11.6 Å². The predicted octanol–water partition coefficient (Wildman–Crippen LogP) is 2.71. The van der Waals surface area contributed by atoms with Crippen LogP contribution in [0.5, 0.6) is 5.75 Å². The van der Waals surface area contributed by atoms with E-state index in [0.29, 0.717) is 34.2 Å². The van der Waals surface area contributed by atoms with Gasteiger partial charge in [-0.3, -0.25) is 10.2 Å². The minimum Gasteiger partial charge on any atom is -0.491 e. The maximum atomic E-state index is 11.6. The average molecular weight is 283 g/mol. The van der Waals surface area contributed by atoms with Gasteiger partial charge in [0.25, 0.3) is 0 Å². The Balaban J connectivity index is 3.58. The normalized spacial score (nSPS) is 9.84. The predicted molar refractivity (Wildman–Crippen MR) is 75.6 cm³/mol. The first kappa shape index (κ1) is 15.2. The monoisotopic (exact) mass is 282 g/mol. The van der Waals surface area contributed by atoms with Crippen molar-refractivity contribution in [2.45, 2.75) is 20.3 Å². The third kappa shape index (κ3) is 3.32. The number of hydrazone groups is 1. The first-order valence-corrected chi connectivity index (χ1v) is 6.09. The summed E-state index contributed by atoms with van der Waals surface area (Å²) in [6.07, 6.45) is 0.813. The summed E-state index contributed by atoms with van der Waals surface area (Å²) < 4.78 is 5.48. The molecule has 0 fully saturated rings. The quantitative estimate of drug-likeness (QED) is 0.361. The molecule has 0 saturated carbocycles. The number of Topliss-reactive ketones (excluding diaryl/α,β-unsaturated/α-hetero) is 1. The molecule has 1 rings (SSSR count). The van der Waals surface area contributed by atoms with Gasteiger partial charge in [-0.25, -0.2) is 0 Å². The number of ketones is 1. The Bertz CT molecular complexity index is 515. The Morgan fingerprint density at radius 2 is 2.32 bits per heavy atom. The fraction of sp³-hybridized carbons (Fsp3) is 0.308. The van der Waals surface area contributed by atoms with Gasteiger partial charge in [-0.05, 0) is 19.9 Å². The first-order valence-electron chi connectivity index (χ1n) is 5.71. The summed E-state index contributed by atoms with van der Waals surface area (Å²) in [5, 5.41) is 3.88.